The van der Waals surface area contributed by atoms with Crippen molar-refractivity contribution in [3.05, 3.63) is 71.8 Å². The second-order valence-electron chi connectivity index (χ2n) is 6.70. The first-order valence-corrected chi connectivity index (χ1v) is 8.85. The van der Waals surface area contributed by atoms with Crippen molar-refractivity contribution in [2.24, 2.45) is 5.92 Å². The lowest BCUT2D eigenvalue weighted by Crippen LogP contribution is -2.43. The molecule has 2 aromatic carbocycles. The van der Waals surface area contributed by atoms with Crippen LogP contribution in [0, 0.1) is 5.92 Å². The Hall–Kier alpha value is -2.13. The molecule has 3 rings (SSSR count). The van der Waals surface area contributed by atoms with Crippen LogP contribution >= 0.6 is 0 Å². The van der Waals surface area contributed by atoms with Gasteiger partial charge in [-0.3, -0.25) is 4.79 Å². The van der Waals surface area contributed by atoms with Gasteiger partial charge in [-0.2, -0.15) is 0 Å². The summed E-state index contributed by atoms with van der Waals surface area (Å²) < 4.78 is 0. The van der Waals surface area contributed by atoms with Crippen LogP contribution in [0.5, 0.6) is 0 Å². The molecule has 3 heteroatoms. The molecule has 24 heavy (non-hydrogen) atoms. The van der Waals surface area contributed by atoms with Crippen molar-refractivity contribution in [1.29, 1.82) is 0 Å². The maximum absolute atomic E-state index is 12.6. The monoisotopic (exact) mass is 322 g/mol. The number of piperidine rings is 1. The number of hydrogen-bond acceptors (Lipinski definition) is 2. The Bertz CT molecular complexity index is 602. The molecular formula is C21H26N2O. The quantitative estimate of drug-likeness (QED) is 0.886. The second-order valence-corrected chi connectivity index (χ2v) is 6.70. The van der Waals surface area contributed by atoms with Gasteiger partial charge in [-0.1, -0.05) is 60.7 Å². The summed E-state index contributed by atoms with van der Waals surface area (Å²) in [5, 5.41) is 6.61. The van der Waals surface area contributed by atoms with Gasteiger partial charge in [0.15, 0.2) is 0 Å². The van der Waals surface area contributed by atoms with Gasteiger partial charge in [0.25, 0.3) is 0 Å². The minimum absolute atomic E-state index is 0.133. The molecule has 3 nitrogen and oxygen atoms in total. The Morgan fingerprint density at radius 3 is 2.21 bits per heavy atom. The molecule has 0 bridgehead atoms. The van der Waals surface area contributed by atoms with Crippen molar-refractivity contribution in [2.45, 2.75) is 31.7 Å². The maximum atomic E-state index is 12.6. The van der Waals surface area contributed by atoms with Crippen LogP contribution < -0.4 is 10.6 Å². The van der Waals surface area contributed by atoms with E-state index in [4.69, 9.17) is 0 Å². The van der Waals surface area contributed by atoms with Gasteiger partial charge >= 0.3 is 0 Å². The van der Waals surface area contributed by atoms with E-state index in [1.807, 2.05) is 12.1 Å². The van der Waals surface area contributed by atoms with E-state index < -0.39 is 0 Å². The van der Waals surface area contributed by atoms with Crippen molar-refractivity contribution in [3.63, 3.8) is 0 Å². The molecule has 0 spiro atoms. The van der Waals surface area contributed by atoms with E-state index in [1.54, 1.807) is 0 Å². The number of hydrogen-bond donors (Lipinski definition) is 2. The van der Waals surface area contributed by atoms with Gasteiger partial charge in [0.2, 0.25) is 5.91 Å². The highest BCUT2D eigenvalue weighted by atomic mass is 16.1. The van der Waals surface area contributed by atoms with Gasteiger partial charge in [-0.05, 0) is 37.4 Å². The fourth-order valence-electron chi connectivity index (χ4n) is 3.52. The van der Waals surface area contributed by atoms with Gasteiger partial charge in [0.1, 0.15) is 0 Å². The molecule has 1 heterocycles. The van der Waals surface area contributed by atoms with E-state index in [-0.39, 0.29) is 17.7 Å². The lowest BCUT2D eigenvalue weighted by molar-refractivity contribution is -0.126. The maximum Gasteiger partial charge on any atom is 0.223 e. The molecule has 1 aliphatic heterocycles. The zero-order valence-electron chi connectivity index (χ0n) is 14.2. The fraction of sp³-hybridized carbons (Fsp3) is 0.381. The first-order chi connectivity index (χ1) is 11.7. The van der Waals surface area contributed by atoms with Crippen molar-refractivity contribution < 1.29 is 4.79 Å². The third-order valence-corrected chi connectivity index (χ3v) is 4.88. The van der Waals surface area contributed by atoms with Crippen molar-refractivity contribution in [2.75, 3.05) is 13.1 Å². The molecule has 2 aromatic rings. The van der Waals surface area contributed by atoms with Crippen molar-refractivity contribution in [1.82, 2.24) is 10.6 Å². The zero-order valence-corrected chi connectivity index (χ0v) is 14.2. The zero-order chi connectivity index (χ0) is 16.8. The highest BCUT2D eigenvalue weighted by Crippen LogP contribution is 2.24. The normalized spacial score (nSPS) is 20.8. The first-order valence-electron chi connectivity index (χ1n) is 8.85. The summed E-state index contributed by atoms with van der Waals surface area (Å²) in [5.41, 5.74) is 2.48. The van der Waals surface area contributed by atoms with Gasteiger partial charge in [0.05, 0.1) is 0 Å². The average molecular weight is 322 g/mol. The van der Waals surface area contributed by atoms with E-state index in [1.165, 1.54) is 11.1 Å². The molecule has 1 amide bonds. The molecule has 0 aromatic heterocycles. The number of nitrogens with one attached hydrogen (secondary N) is 2. The van der Waals surface area contributed by atoms with Crippen molar-refractivity contribution in [3.8, 4) is 0 Å². The predicted molar refractivity (Wildman–Crippen MR) is 97.9 cm³/mol. The highest BCUT2D eigenvalue weighted by Gasteiger charge is 2.25. The fourth-order valence-corrected chi connectivity index (χ4v) is 3.52. The first kappa shape index (κ1) is 16.7. The molecule has 2 N–H and O–H groups in total. The molecule has 126 valence electrons. The second kappa shape index (κ2) is 8.11. The van der Waals surface area contributed by atoms with Crippen LogP contribution in [0.2, 0.25) is 0 Å². The van der Waals surface area contributed by atoms with Crippen LogP contribution in [-0.2, 0) is 4.79 Å². The summed E-state index contributed by atoms with van der Waals surface area (Å²) in [4.78, 5) is 12.6. The molecule has 1 saturated heterocycles. The largest absolute Gasteiger partial charge is 0.355 e. The van der Waals surface area contributed by atoms with E-state index in [0.29, 0.717) is 12.6 Å². The molecule has 0 saturated carbocycles. The van der Waals surface area contributed by atoms with Crippen LogP contribution in [0.15, 0.2) is 60.7 Å². The van der Waals surface area contributed by atoms with Crippen molar-refractivity contribution >= 4 is 5.91 Å². The van der Waals surface area contributed by atoms with Crippen LogP contribution in [0.4, 0.5) is 0 Å². The van der Waals surface area contributed by atoms with Crippen LogP contribution in [0.25, 0.3) is 0 Å². The Morgan fingerprint density at radius 2 is 1.67 bits per heavy atom. The lowest BCUT2D eigenvalue weighted by atomic mass is 9.90. The lowest BCUT2D eigenvalue weighted by Gasteiger charge is -2.28. The standard InChI is InChI=1S/C21H26N2O/c1-16-14-19(12-13-22-16)21(24)23-15-20(17-8-4-2-5-9-17)18-10-6-3-7-11-18/h2-11,16,19-20,22H,12-15H2,1H3,(H,23,24)/t16-,19-/m0/s1. The third kappa shape index (κ3) is 4.24. The Labute approximate surface area is 144 Å². The van der Waals surface area contributed by atoms with Crippen LogP contribution in [-0.4, -0.2) is 25.0 Å². The van der Waals surface area contributed by atoms with Crippen LogP contribution in [0.1, 0.15) is 36.8 Å². The Balaban J connectivity index is 1.69. The SMILES string of the molecule is C[C@H]1C[C@@H](C(=O)NCC(c2ccccc2)c2ccccc2)CCN1. The smallest absolute Gasteiger partial charge is 0.223 e. The molecule has 0 radical (unpaired) electrons. The van der Waals surface area contributed by atoms with Gasteiger partial charge < -0.3 is 10.6 Å². The number of amides is 1. The number of benzene rings is 2. The minimum atomic E-state index is 0.133. The molecule has 2 atom stereocenters. The molecule has 1 fully saturated rings. The number of carbonyl (C=O) groups is 1. The average Bonchev–Trinajstić information content (AvgIpc) is 2.63. The molecular weight excluding hydrogens is 296 g/mol. The summed E-state index contributed by atoms with van der Waals surface area (Å²) >= 11 is 0. The Morgan fingerprint density at radius 1 is 1.08 bits per heavy atom. The van der Waals surface area contributed by atoms with E-state index in [2.05, 4.69) is 66.1 Å². The number of rotatable bonds is 5. The highest BCUT2D eigenvalue weighted by molar-refractivity contribution is 5.79. The van der Waals surface area contributed by atoms with Gasteiger partial charge in [-0.15, -0.1) is 0 Å². The summed E-state index contributed by atoms with van der Waals surface area (Å²) in [7, 11) is 0. The van der Waals surface area contributed by atoms with E-state index in [0.717, 1.165) is 19.4 Å². The minimum Gasteiger partial charge on any atom is -0.355 e. The summed E-state index contributed by atoms with van der Waals surface area (Å²) in [6.45, 7) is 3.72. The van der Waals surface area contributed by atoms with E-state index in [9.17, 15) is 4.79 Å². The molecule has 0 unspecified atom stereocenters. The van der Waals surface area contributed by atoms with E-state index >= 15 is 0 Å². The van der Waals surface area contributed by atoms with Crippen LogP contribution in [0.3, 0.4) is 0 Å². The summed E-state index contributed by atoms with van der Waals surface area (Å²) in [6, 6.07) is 21.3. The number of carbonyl (C=O) groups excluding carboxylic acids is 1. The predicted octanol–water partition coefficient (Wildman–Crippen LogP) is 3.32. The summed E-state index contributed by atoms with van der Waals surface area (Å²) in [6.07, 6.45) is 1.85. The Kier molecular flexibility index (Phi) is 5.65. The molecule has 0 aliphatic carbocycles. The molecule has 1 aliphatic rings. The summed E-state index contributed by atoms with van der Waals surface area (Å²) in [5.74, 6) is 0.518. The topological polar surface area (TPSA) is 41.1 Å². The third-order valence-electron chi connectivity index (χ3n) is 4.88. The van der Waals surface area contributed by atoms with Gasteiger partial charge in [-0.25, -0.2) is 0 Å². The van der Waals surface area contributed by atoms with Gasteiger partial charge in [0, 0.05) is 24.4 Å².